The van der Waals surface area contributed by atoms with Crippen molar-refractivity contribution in [3.63, 3.8) is 0 Å². The van der Waals surface area contributed by atoms with Gasteiger partial charge in [0.15, 0.2) is 0 Å². The minimum absolute atomic E-state index is 0.0718. The molecule has 0 fully saturated rings. The lowest BCUT2D eigenvalue weighted by atomic mass is 10.1. The van der Waals surface area contributed by atoms with Gasteiger partial charge in [0.1, 0.15) is 5.75 Å². The van der Waals surface area contributed by atoms with Gasteiger partial charge >= 0.3 is 0 Å². The molecule has 0 bridgehead atoms. The molecule has 3 nitrogen and oxygen atoms in total. The SMILES string of the molecule is COc1ccc(C(CNC(C)(C)C)OCC(C)C)cc1. The summed E-state index contributed by atoms with van der Waals surface area (Å²) in [5.41, 5.74) is 1.27. The highest BCUT2D eigenvalue weighted by molar-refractivity contribution is 5.28. The molecule has 1 rings (SSSR count). The van der Waals surface area contributed by atoms with Crippen molar-refractivity contribution in [3.8, 4) is 5.75 Å². The van der Waals surface area contributed by atoms with Crippen LogP contribution in [0.3, 0.4) is 0 Å². The second kappa shape index (κ2) is 7.65. The lowest BCUT2D eigenvalue weighted by Gasteiger charge is -2.26. The van der Waals surface area contributed by atoms with Crippen LogP contribution < -0.4 is 10.1 Å². The quantitative estimate of drug-likeness (QED) is 0.823. The molecule has 0 amide bonds. The molecule has 3 heteroatoms. The summed E-state index contributed by atoms with van der Waals surface area (Å²) in [5.74, 6) is 1.41. The van der Waals surface area contributed by atoms with Crippen molar-refractivity contribution in [2.45, 2.75) is 46.3 Å². The zero-order valence-corrected chi connectivity index (χ0v) is 13.7. The topological polar surface area (TPSA) is 30.5 Å². The molecule has 0 saturated heterocycles. The lowest BCUT2D eigenvalue weighted by Crippen LogP contribution is -2.39. The Kier molecular flexibility index (Phi) is 6.50. The van der Waals surface area contributed by atoms with Crippen LogP contribution in [0.5, 0.6) is 5.75 Å². The van der Waals surface area contributed by atoms with Gasteiger partial charge < -0.3 is 14.8 Å². The first-order valence-electron chi connectivity index (χ1n) is 7.32. The van der Waals surface area contributed by atoms with Gasteiger partial charge in [-0.05, 0) is 44.4 Å². The third kappa shape index (κ3) is 6.40. The highest BCUT2D eigenvalue weighted by Crippen LogP contribution is 2.21. The Balaban J connectivity index is 2.73. The van der Waals surface area contributed by atoms with Gasteiger partial charge in [-0.1, -0.05) is 26.0 Å². The maximum absolute atomic E-state index is 6.06. The van der Waals surface area contributed by atoms with Crippen LogP contribution in [-0.2, 0) is 4.74 Å². The van der Waals surface area contributed by atoms with Crippen molar-refractivity contribution in [2.75, 3.05) is 20.3 Å². The van der Waals surface area contributed by atoms with Gasteiger partial charge in [-0.2, -0.15) is 0 Å². The molecular weight excluding hydrogens is 250 g/mol. The molecule has 0 spiro atoms. The van der Waals surface area contributed by atoms with E-state index in [-0.39, 0.29) is 11.6 Å². The molecule has 114 valence electrons. The highest BCUT2D eigenvalue weighted by Gasteiger charge is 2.17. The van der Waals surface area contributed by atoms with Gasteiger partial charge in [0.2, 0.25) is 0 Å². The van der Waals surface area contributed by atoms with Gasteiger partial charge in [-0.3, -0.25) is 0 Å². The van der Waals surface area contributed by atoms with Gasteiger partial charge in [0, 0.05) is 18.7 Å². The molecule has 0 aromatic heterocycles. The van der Waals surface area contributed by atoms with Crippen molar-refractivity contribution in [2.24, 2.45) is 5.92 Å². The van der Waals surface area contributed by atoms with E-state index >= 15 is 0 Å². The molecule has 1 aromatic rings. The van der Waals surface area contributed by atoms with E-state index in [4.69, 9.17) is 9.47 Å². The van der Waals surface area contributed by atoms with Crippen LogP contribution in [-0.4, -0.2) is 25.8 Å². The molecule has 1 unspecified atom stereocenters. The summed E-state index contributed by atoms with van der Waals surface area (Å²) in [4.78, 5) is 0. The highest BCUT2D eigenvalue weighted by atomic mass is 16.5. The molecule has 0 aliphatic carbocycles. The van der Waals surface area contributed by atoms with Crippen molar-refractivity contribution >= 4 is 0 Å². The second-order valence-electron chi connectivity index (χ2n) is 6.62. The number of benzene rings is 1. The molecule has 0 radical (unpaired) electrons. The summed E-state index contributed by atoms with van der Waals surface area (Å²) in [6.07, 6.45) is 0.0718. The number of nitrogens with one attached hydrogen (secondary N) is 1. The predicted molar refractivity (Wildman–Crippen MR) is 84.3 cm³/mol. The van der Waals surface area contributed by atoms with Crippen LogP contribution in [0, 0.1) is 5.92 Å². The largest absolute Gasteiger partial charge is 0.497 e. The fraction of sp³-hybridized carbons (Fsp3) is 0.647. The summed E-state index contributed by atoms with van der Waals surface area (Å²) in [6, 6.07) is 8.12. The molecule has 0 aliphatic heterocycles. The van der Waals surface area contributed by atoms with E-state index in [1.165, 1.54) is 5.56 Å². The van der Waals surface area contributed by atoms with E-state index in [0.717, 1.165) is 18.9 Å². The Morgan fingerprint density at radius 2 is 1.70 bits per heavy atom. The number of hydrogen-bond acceptors (Lipinski definition) is 3. The summed E-state index contributed by atoms with van der Waals surface area (Å²) in [5, 5.41) is 3.52. The number of methoxy groups -OCH3 is 1. The van der Waals surface area contributed by atoms with Crippen molar-refractivity contribution < 1.29 is 9.47 Å². The fourth-order valence-corrected chi connectivity index (χ4v) is 1.80. The number of hydrogen-bond donors (Lipinski definition) is 1. The Morgan fingerprint density at radius 1 is 1.10 bits per heavy atom. The van der Waals surface area contributed by atoms with Crippen LogP contribution in [0.15, 0.2) is 24.3 Å². The van der Waals surface area contributed by atoms with E-state index in [1.54, 1.807) is 7.11 Å². The second-order valence-corrected chi connectivity index (χ2v) is 6.62. The molecule has 20 heavy (non-hydrogen) atoms. The minimum Gasteiger partial charge on any atom is -0.497 e. The maximum atomic E-state index is 6.06. The Bertz CT molecular complexity index is 379. The molecule has 0 saturated carbocycles. The van der Waals surface area contributed by atoms with Gasteiger partial charge in [0.25, 0.3) is 0 Å². The molecule has 1 atom stereocenters. The smallest absolute Gasteiger partial charge is 0.118 e. The third-order valence-corrected chi connectivity index (χ3v) is 2.94. The predicted octanol–water partition coefficient (Wildman–Crippen LogP) is 3.80. The van der Waals surface area contributed by atoms with Crippen molar-refractivity contribution in [1.29, 1.82) is 0 Å². The average molecular weight is 279 g/mol. The maximum Gasteiger partial charge on any atom is 0.118 e. The molecule has 0 aliphatic rings. The summed E-state index contributed by atoms with van der Waals surface area (Å²) in [7, 11) is 1.68. The van der Waals surface area contributed by atoms with Crippen molar-refractivity contribution in [1.82, 2.24) is 5.32 Å². The van der Waals surface area contributed by atoms with Gasteiger partial charge in [-0.25, -0.2) is 0 Å². The Morgan fingerprint density at radius 3 is 2.15 bits per heavy atom. The van der Waals surface area contributed by atoms with E-state index in [9.17, 15) is 0 Å². The molecule has 1 aromatic carbocycles. The minimum atomic E-state index is 0.0718. The summed E-state index contributed by atoms with van der Waals surface area (Å²) < 4.78 is 11.3. The monoisotopic (exact) mass is 279 g/mol. The van der Waals surface area contributed by atoms with Crippen LogP contribution in [0.1, 0.15) is 46.3 Å². The fourth-order valence-electron chi connectivity index (χ4n) is 1.80. The molecule has 1 N–H and O–H groups in total. The van der Waals surface area contributed by atoms with E-state index in [1.807, 2.05) is 12.1 Å². The van der Waals surface area contributed by atoms with Crippen molar-refractivity contribution in [3.05, 3.63) is 29.8 Å². The van der Waals surface area contributed by atoms with E-state index < -0.39 is 0 Å². The number of ether oxygens (including phenoxy) is 2. The first kappa shape index (κ1) is 17.0. The zero-order valence-electron chi connectivity index (χ0n) is 13.7. The third-order valence-electron chi connectivity index (χ3n) is 2.94. The van der Waals surface area contributed by atoms with Crippen LogP contribution >= 0.6 is 0 Å². The average Bonchev–Trinajstić information content (AvgIpc) is 2.37. The van der Waals surface area contributed by atoms with Gasteiger partial charge in [-0.15, -0.1) is 0 Å². The lowest BCUT2D eigenvalue weighted by molar-refractivity contribution is 0.0315. The van der Waals surface area contributed by atoms with E-state index in [2.05, 4.69) is 52.1 Å². The normalized spacial score (nSPS) is 13.6. The summed E-state index contributed by atoms with van der Waals surface area (Å²) >= 11 is 0. The summed E-state index contributed by atoms with van der Waals surface area (Å²) in [6.45, 7) is 12.4. The van der Waals surface area contributed by atoms with Crippen LogP contribution in [0.2, 0.25) is 0 Å². The first-order chi connectivity index (χ1) is 9.31. The first-order valence-corrected chi connectivity index (χ1v) is 7.32. The van der Waals surface area contributed by atoms with E-state index in [0.29, 0.717) is 5.92 Å². The van der Waals surface area contributed by atoms with Gasteiger partial charge in [0.05, 0.1) is 13.2 Å². The Hall–Kier alpha value is -1.06. The van der Waals surface area contributed by atoms with Crippen LogP contribution in [0.25, 0.3) is 0 Å². The molecular formula is C17H29NO2. The zero-order chi connectivity index (χ0) is 15.2. The van der Waals surface area contributed by atoms with Crippen LogP contribution in [0.4, 0.5) is 0 Å². The number of rotatable bonds is 7. The Labute approximate surface area is 123 Å². The molecule has 0 heterocycles. The standard InChI is InChI=1S/C17H29NO2/c1-13(2)12-20-16(11-18-17(3,4)5)14-7-9-15(19-6)10-8-14/h7-10,13,16,18H,11-12H2,1-6H3.